The molecule has 1 aromatic carbocycles. The molecule has 0 spiro atoms. The number of hydrogen-bond donors (Lipinski definition) is 1. The second-order valence-corrected chi connectivity index (χ2v) is 11.5. The van der Waals surface area contributed by atoms with Crippen molar-refractivity contribution in [1.29, 1.82) is 5.26 Å². The molecule has 170 valence electrons. The first kappa shape index (κ1) is 21.9. The van der Waals surface area contributed by atoms with Crippen molar-refractivity contribution in [3.05, 3.63) is 33.8 Å². The van der Waals surface area contributed by atoms with Crippen LogP contribution in [0.1, 0.15) is 49.7 Å². The van der Waals surface area contributed by atoms with Crippen LogP contribution in [0, 0.1) is 34.5 Å². The Morgan fingerprint density at radius 1 is 1.09 bits per heavy atom. The highest BCUT2D eigenvalue weighted by Gasteiger charge is 2.56. The van der Waals surface area contributed by atoms with Crippen LogP contribution in [-0.2, 0) is 16.1 Å². The molecule has 2 unspecified atom stereocenters. The van der Waals surface area contributed by atoms with Crippen LogP contribution < -0.4 is 5.32 Å². The van der Waals surface area contributed by atoms with E-state index in [0.717, 1.165) is 47.4 Å². The van der Waals surface area contributed by atoms with Gasteiger partial charge in [-0.3, -0.25) is 14.5 Å². The molecular weight excluding hydrogens is 468 g/mol. The Bertz CT molecular complexity index is 930. The SMILES string of the molecule is N#Cc1cc(Br)cc(CN2CCN(C(=O)CNC(=O)CC34CC5CC(C3)C(C5)C4)CC2)c1. The van der Waals surface area contributed by atoms with Crippen LogP contribution in [0.2, 0.25) is 0 Å². The Morgan fingerprint density at radius 2 is 1.81 bits per heavy atom. The molecule has 1 saturated heterocycles. The Balaban J connectivity index is 1.05. The molecule has 0 radical (unpaired) electrons. The van der Waals surface area contributed by atoms with Gasteiger partial charge in [-0.2, -0.15) is 5.26 Å². The number of carbonyl (C=O) groups excluding carboxylic acids is 2. The topological polar surface area (TPSA) is 76.4 Å². The lowest BCUT2D eigenvalue weighted by atomic mass is 9.67. The Kier molecular flexibility index (Phi) is 6.02. The Hall–Kier alpha value is -1.91. The van der Waals surface area contributed by atoms with E-state index >= 15 is 0 Å². The number of rotatable bonds is 6. The minimum Gasteiger partial charge on any atom is -0.347 e. The van der Waals surface area contributed by atoms with E-state index in [4.69, 9.17) is 5.26 Å². The van der Waals surface area contributed by atoms with E-state index in [1.165, 1.54) is 32.1 Å². The number of amides is 2. The normalized spacial score (nSPS) is 31.0. The summed E-state index contributed by atoms with van der Waals surface area (Å²) in [5, 5.41) is 12.1. The van der Waals surface area contributed by atoms with Gasteiger partial charge in [0.05, 0.1) is 18.2 Å². The van der Waals surface area contributed by atoms with E-state index in [9.17, 15) is 9.59 Å². The molecule has 6 nitrogen and oxygen atoms in total. The minimum absolute atomic E-state index is 0.0144. The number of nitriles is 1. The van der Waals surface area contributed by atoms with Gasteiger partial charge in [0.1, 0.15) is 0 Å². The van der Waals surface area contributed by atoms with E-state index in [-0.39, 0.29) is 23.8 Å². The van der Waals surface area contributed by atoms with Crippen molar-refractivity contribution in [3.8, 4) is 6.07 Å². The number of halogens is 1. The van der Waals surface area contributed by atoms with Crippen LogP contribution in [0.4, 0.5) is 0 Å². The number of nitrogens with zero attached hydrogens (tertiary/aromatic N) is 3. The van der Waals surface area contributed by atoms with Crippen LogP contribution in [0.15, 0.2) is 22.7 Å². The van der Waals surface area contributed by atoms with E-state index in [1.807, 2.05) is 23.1 Å². The molecule has 5 fully saturated rings. The van der Waals surface area contributed by atoms with Crippen molar-refractivity contribution < 1.29 is 9.59 Å². The van der Waals surface area contributed by atoms with Gasteiger partial charge in [0.2, 0.25) is 11.8 Å². The summed E-state index contributed by atoms with van der Waals surface area (Å²) in [5.74, 6) is 2.65. The minimum atomic E-state index is 0.0144. The maximum absolute atomic E-state index is 12.7. The number of hydrogen-bond acceptors (Lipinski definition) is 4. The highest BCUT2D eigenvalue weighted by molar-refractivity contribution is 9.10. The molecule has 5 aliphatic rings. The molecular formula is C25H31BrN4O2. The highest BCUT2D eigenvalue weighted by Crippen LogP contribution is 2.65. The van der Waals surface area contributed by atoms with E-state index in [1.54, 1.807) is 0 Å². The number of nitrogens with one attached hydrogen (secondary N) is 1. The average Bonchev–Trinajstić information content (AvgIpc) is 3.17. The fraction of sp³-hybridized carbons (Fsp3) is 0.640. The molecule has 4 aliphatic carbocycles. The van der Waals surface area contributed by atoms with Crippen molar-refractivity contribution in [1.82, 2.24) is 15.1 Å². The summed E-state index contributed by atoms with van der Waals surface area (Å²) in [7, 11) is 0. The van der Waals surface area contributed by atoms with E-state index in [2.05, 4.69) is 32.2 Å². The molecule has 32 heavy (non-hydrogen) atoms. The van der Waals surface area contributed by atoms with Crippen LogP contribution in [-0.4, -0.2) is 54.3 Å². The molecule has 6 rings (SSSR count). The van der Waals surface area contributed by atoms with Gasteiger partial charge >= 0.3 is 0 Å². The molecule has 1 aromatic rings. The first-order valence-electron chi connectivity index (χ1n) is 11.9. The summed E-state index contributed by atoms with van der Waals surface area (Å²) in [6.07, 6.45) is 7.06. The molecule has 4 bridgehead atoms. The molecule has 1 heterocycles. The quantitative estimate of drug-likeness (QED) is 0.652. The lowest BCUT2D eigenvalue weighted by molar-refractivity contribution is -0.135. The molecule has 4 saturated carbocycles. The van der Waals surface area contributed by atoms with Crippen LogP contribution in [0.5, 0.6) is 0 Å². The molecule has 1 aliphatic heterocycles. The lowest BCUT2D eigenvalue weighted by Crippen LogP contribution is -2.51. The number of carbonyl (C=O) groups is 2. The predicted molar refractivity (Wildman–Crippen MR) is 124 cm³/mol. The highest BCUT2D eigenvalue weighted by atomic mass is 79.9. The van der Waals surface area contributed by atoms with Crippen molar-refractivity contribution in [2.45, 2.75) is 45.1 Å². The molecule has 2 atom stereocenters. The lowest BCUT2D eigenvalue weighted by Gasteiger charge is -2.38. The van der Waals surface area contributed by atoms with Crippen LogP contribution >= 0.6 is 15.9 Å². The smallest absolute Gasteiger partial charge is 0.242 e. The first-order valence-corrected chi connectivity index (χ1v) is 12.7. The number of benzene rings is 1. The monoisotopic (exact) mass is 498 g/mol. The van der Waals surface area contributed by atoms with E-state index in [0.29, 0.717) is 25.1 Å². The molecule has 7 heteroatoms. The third-order valence-electron chi connectivity index (χ3n) is 8.24. The largest absolute Gasteiger partial charge is 0.347 e. The van der Waals surface area contributed by atoms with Gasteiger partial charge in [-0.05, 0) is 79.0 Å². The second kappa shape index (κ2) is 8.79. The summed E-state index contributed by atoms with van der Waals surface area (Å²) in [6.45, 7) is 3.80. The predicted octanol–water partition coefficient (Wildman–Crippen LogP) is 3.30. The summed E-state index contributed by atoms with van der Waals surface area (Å²) in [6, 6.07) is 7.96. The van der Waals surface area contributed by atoms with Gasteiger partial charge in [0.15, 0.2) is 0 Å². The van der Waals surface area contributed by atoms with Gasteiger partial charge in [-0.15, -0.1) is 0 Å². The maximum atomic E-state index is 12.7. The third kappa shape index (κ3) is 4.58. The summed E-state index contributed by atoms with van der Waals surface area (Å²) in [5.41, 5.74) is 1.97. The zero-order valence-corrected chi connectivity index (χ0v) is 20.1. The van der Waals surface area contributed by atoms with Gasteiger partial charge in [0.25, 0.3) is 0 Å². The zero-order valence-electron chi connectivity index (χ0n) is 18.5. The third-order valence-corrected chi connectivity index (χ3v) is 8.70. The molecule has 1 N–H and O–H groups in total. The molecule has 2 amide bonds. The van der Waals surface area contributed by atoms with Crippen molar-refractivity contribution in [2.75, 3.05) is 32.7 Å². The fourth-order valence-corrected chi connectivity index (χ4v) is 7.64. The van der Waals surface area contributed by atoms with Crippen molar-refractivity contribution in [3.63, 3.8) is 0 Å². The second-order valence-electron chi connectivity index (χ2n) is 10.5. The van der Waals surface area contributed by atoms with Gasteiger partial charge in [0, 0.05) is 43.6 Å². The maximum Gasteiger partial charge on any atom is 0.242 e. The van der Waals surface area contributed by atoms with Crippen LogP contribution in [0.3, 0.4) is 0 Å². The summed E-state index contributed by atoms with van der Waals surface area (Å²) >= 11 is 3.47. The van der Waals surface area contributed by atoms with Gasteiger partial charge in [-0.1, -0.05) is 15.9 Å². The summed E-state index contributed by atoms with van der Waals surface area (Å²) < 4.78 is 0.911. The standard InChI is InChI=1S/C25H31BrN4O2/c26-22-8-18(14-27)5-19(9-22)16-29-1-3-30(4-2-29)24(32)15-28-23(31)13-25-10-17-6-20(11-25)21(7-17)12-25/h5,8-9,17,20-21H,1-4,6-7,10-13,15-16H2,(H,28,31). The average molecular weight is 499 g/mol. The van der Waals surface area contributed by atoms with Gasteiger partial charge in [-0.25, -0.2) is 0 Å². The zero-order chi connectivity index (χ0) is 22.3. The van der Waals surface area contributed by atoms with Gasteiger partial charge < -0.3 is 10.2 Å². The fourth-order valence-electron chi connectivity index (χ4n) is 7.10. The number of piperazine rings is 1. The summed E-state index contributed by atoms with van der Waals surface area (Å²) in [4.78, 5) is 29.4. The van der Waals surface area contributed by atoms with Crippen LogP contribution in [0.25, 0.3) is 0 Å². The molecule has 0 aromatic heterocycles. The van der Waals surface area contributed by atoms with Crippen molar-refractivity contribution in [2.24, 2.45) is 23.2 Å². The Morgan fingerprint density at radius 3 is 2.47 bits per heavy atom. The van der Waals surface area contributed by atoms with E-state index < -0.39 is 0 Å². The Labute approximate surface area is 198 Å². The van der Waals surface area contributed by atoms with Crippen molar-refractivity contribution >= 4 is 27.7 Å². The first-order chi connectivity index (χ1) is 15.4.